The Labute approximate surface area is 189 Å². The molecule has 1 aliphatic carbocycles. The molecule has 11 nitrogen and oxygen atoms in total. The molecule has 0 bridgehead atoms. The average molecular weight is 460 g/mol. The summed E-state index contributed by atoms with van der Waals surface area (Å²) >= 11 is 0. The first-order chi connectivity index (χ1) is 15.8. The van der Waals surface area contributed by atoms with Gasteiger partial charge in [-0.3, -0.25) is 19.7 Å². The van der Waals surface area contributed by atoms with Crippen LogP contribution in [0.1, 0.15) is 56.6 Å². The maximum absolute atomic E-state index is 12.2. The zero-order valence-electron chi connectivity index (χ0n) is 17.7. The quantitative estimate of drug-likeness (QED) is 0.370. The molecule has 11 heteroatoms. The normalized spacial score (nSPS) is 20.2. The lowest BCUT2D eigenvalue weighted by Gasteiger charge is -2.18. The number of carbonyl (C=O) groups is 5. The zero-order valence-corrected chi connectivity index (χ0v) is 17.7. The summed E-state index contributed by atoms with van der Waals surface area (Å²) in [6.07, 6.45) is 4.29. The van der Waals surface area contributed by atoms with Crippen LogP contribution in [0.2, 0.25) is 0 Å². The molecule has 0 spiro atoms. The van der Waals surface area contributed by atoms with Crippen molar-refractivity contribution in [3.8, 4) is 0 Å². The van der Waals surface area contributed by atoms with E-state index in [4.69, 9.17) is 9.47 Å². The fourth-order valence-corrected chi connectivity index (χ4v) is 3.36. The van der Waals surface area contributed by atoms with Crippen molar-refractivity contribution >= 4 is 35.7 Å². The molecule has 1 aliphatic heterocycles. The summed E-state index contributed by atoms with van der Waals surface area (Å²) in [5.41, 5.74) is 0.416. The monoisotopic (exact) mass is 460 g/mol. The molecule has 2 unspecified atom stereocenters. The largest absolute Gasteiger partial charge is 0.535 e. The molecule has 3 amide bonds. The van der Waals surface area contributed by atoms with Crippen LogP contribution in [0.5, 0.6) is 0 Å². The van der Waals surface area contributed by atoms with Crippen molar-refractivity contribution in [2.24, 2.45) is 0 Å². The first kappa shape index (κ1) is 23.8. The number of nitrogens with one attached hydrogen (secondary N) is 1. The highest BCUT2D eigenvalue weighted by Gasteiger charge is 2.35. The van der Waals surface area contributed by atoms with Crippen LogP contribution in [-0.2, 0) is 28.7 Å². The van der Waals surface area contributed by atoms with Crippen molar-refractivity contribution in [1.29, 1.82) is 0 Å². The van der Waals surface area contributed by atoms with Crippen LogP contribution < -0.4 is 5.32 Å². The van der Waals surface area contributed by atoms with Crippen LogP contribution >= 0.6 is 0 Å². The third-order valence-corrected chi connectivity index (χ3v) is 5.04. The van der Waals surface area contributed by atoms with Crippen LogP contribution in [0.4, 0.5) is 15.3 Å². The molecule has 2 N–H and O–H groups in total. The van der Waals surface area contributed by atoms with Crippen LogP contribution in [0.3, 0.4) is 0 Å². The van der Waals surface area contributed by atoms with Gasteiger partial charge in [-0.15, -0.1) is 0 Å². The highest BCUT2D eigenvalue weighted by atomic mass is 16.8. The smallest absolute Gasteiger partial charge is 0.478 e. The number of carboxylic acid groups (broad SMARTS) is 1. The molecule has 176 valence electrons. The number of imide groups is 1. The molecule has 2 aliphatic rings. The molecule has 1 heterocycles. The van der Waals surface area contributed by atoms with E-state index in [2.05, 4.69) is 10.2 Å². The lowest BCUT2D eigenvalue weighted by molar-refractivity contribution is -0.180. The summed E-state index contributed by atoms with van der Waals surface area (Å²) in [6.45, 7) is 0. The van der Waals surface area contributed by atoms with Gasteiger partial charge in [0.2, 0.25) is 6.10 Å². The second-order valence-corrected chi connectivity index (χ2v) is 7.52. The Hall–Kier alpha value is -3.89. The number of hydrogen-bond donors (Lipinski definition) is 2. The van der Waals surface area contributed by atoms with Gasteiger partial charge in [-0.05, 0) is 43.9 Å². The summed E-state index contributed by atoms with van der Waals surface area (Å²) in [5.74, 6) is -2.94. The van der Waals surface area contributed by atoms with Crippen molar-refractivity contribution in [3.05, 3.63) is 42.0 Å². The average Bonchev–Trinajstić information content (AvgIpc) is 3.06. The van der Waals surface area contributed by atoms with Gasteiger partial charge in [0.25, 0.3) is 11.8 Å². The number of ether oxygens (including phenoxy) is 2. The van der Waals surface area contributed by atoms with Crippen molar-refractivity contribution in [3.63, 3.8) is 0 Å². The Morgan fingerprint density at radius 2 is 1.73 bits per heavy atom. The molecule has 1 fully saturated rings. The van der Waals surface area contributed by atoms with Crippen molar-refractivity contribution in [1.82, 2.24) is 5.06 Å². The van der Waals surface area contributed by atoms with E-state index in [1.807, 2.05) is 12.2 Å². The minimum Gasteiger partial charge on any atom is -0.478 e. The molecule has 2 atom stereocenters. The van der Waals surface area contributed by atoms with Gasteiger partial charge < -0.3 is 14.6 Å². The molecule has 1 aromatic carbocycles. The summed E-state index contributed by atoms with van der Waals surface area (Å²) in [7, 11) is 0. The standard InChI is InChI=1S/C22H24N2O9/c25-17-12-13-18(26)24(17)33-22(30)32-19(20(27)28)14-8-10-15(11-9-14)23-21(29)31-16-6-4-2-1-3-5-7-16/h4,6,8-11,16,19H,1-3,5,7,12-13H2,(H,23,29)(H,27,28)/b6-4-. The molecule has 1 saturated heterocycles. The Bertz CT molecular complexity index is 926. The van der Waals surface area contributed by atoms with E-state index >= 15 is 0 Å². The SMILES string of the molecule is O=C(Nc1ccc(C(OC(=O)ON2C(=O)CCC2=O)C(=O)O)cc1)OC1/C=C\CCCCC1. The first-order valence-electron chi connectivity index (χ1n) is 10.5. The van der Waals surface area contributed by atoms with Gasteiger partial charge in [0.05, 0.1) is 0 Å². The number of amides is 3. The predicted molar refractivity (Wildman–Crippen MR) is 112 cm³/mol. The molecule has 33 heavy (non-hydrogen) atoms. The van der Waals surface area contributed by atoms with Crippen molar-refractivity contribution in [2.75, 3.05) is 5.32 Å². The second kappa shape index (κ2) is 11.1. The van der Waals surface area contributed by atoms with Crippen LogP contribution in [0, 0.1) is 0 Å². The third kappa shape index (κ3) is 6.79. The molecule has 0 aromatic heterocycles. The van der Waals surface area contributed by atoms with E-state index in [1.165, 1.54) is 24.3 Å². The molecule has 0 radical (unpaired) electrons. The van der Waals surface area contributed by atoms with Gasteiger partial charge in [-0.25, -0.2) is 14.4 Å². The number of hydroxylamine groups is 2. The molecular weight excluding hydrogens is 436 g/mol. The van der Waals surface area contributed by atoms with E-state index in [1.54, 1.807) is 0 Å². The number of rotatable bonds is 6. The maximum Gasteiger partial charge on any atom is 0.535 e. The van der Waals surface area contributed by atoms with Gasteiger partial charge in [-0.1, -0.05) is 29.7 Å². The Balaban J connectivity index is 1.56. The number of hydrogen-bond acceptors (Lipinski definition) is 8. The van der Waals surface area contributed by atoms with E-state index in [0.29, 0.717) is 5.69 Å². The minimum absolute atomic E-state index is 0.0698. The lowest BCUT2D eigenvalue weighted by atomic mass is 10.0. The first-order valence-corrected chi connectivity index (χ1v) is 10.5. The number of aliphatic carboxylic acids is 1. The number of carbonyl (C=O) groups excluding carboxylic acids is 4. The highest BCUT2D eigenvalue weighted by molar-refractivity contribution is 6.01. The van der Waals surface area contributed by atoms with Gasteiger partial charge >= 0.3 is 18.2 Å². The Morgan fingerprint density at radius 3 is 2.39 bits per heavy atom. The summed E-state index contributed by atoms with van der Waals surface area (Å²) in [6, 6.07) is 5.51. The molecule has 3 rings (SSSR count). The summed E-state index contributed by atoms with van der Waals surface area (Å²) < 4.78 is 10.2. The van der Waals surface area contributed by atoms with Crippen molar-refractivity contribution in [2.45, 2.75) is 57.2 Å². The predicted octanol–water partition coefficient (Wildman–Crippen LogP) is 3.47. The molecule has 1 aromatic rings. The fourth-order valence-electron chi connectivity index (χ4n) is 3.36. The topological polar surface area (TPSA) is 149 Å². The second-order valence-electron chi connectivity index (χ2n) is 7.52. The summed E-state index contributed by atoms with van der Waals surface area (Å²) in [4.78, 5) is 63.2. The highest BCUT2D eigenvalue weighted by Crippen LogP contribution is 2.22. The fraction of sp³-hybridized carbons (Fsp3) is 0.409. The van der Waals surface area contributed by atoms with E-state index < -0.39 is 36.1 Å². The Kier molecular flexibility index (Phi) is 8.01. The number of nitrogens with zero attached hydrogens (tertiary/aromatic N) is 1. The molecule has 0 saturated carbocycles. The van der Waals surface area contributed by atoms with Gasteiger partial charge in [0.1, 0.15) is 6.10 Å². The summed E-state index contributed by atoms with van der Waals surface area (Å²) in [5, 5.41) is 12.2. The minimum atomic E-state index is -1.76. The lowest BCUT2D eigenvalue weighted by Crippen LogP contribution is -2.33. The maximum atomic E-state index is 12.2. The van der Waals surface area contributed by atoms with E-state index in [9.17, 15) is 29.1 Å². The van der Waals surface area contributed by atoms with Crippen LogP contribution in [0.25, 0.3) is 0 Å². The van der Waals surface area contributed by atoms with Gasteiger partial charge in [-0.2, -0.15) is 0 Å². The molecular formula is C22H24N2O9. The van der Waals surface area contributed by atoms with E-state index in [-0.39, 0.29) is 29.6 Å². The van der Waals surface area contributed by atoms with Crippen LogP contribution in [-0.4, -0.2) is 46.3 Å². The number of carboxylic acids is 1. The van der Waals surface area contributed by atoms with Gasteiger partial charge in [0.15, 0.2) is 0 Å². The van der Waals surface area contributed by atoms with Gasteiger partial charge in [0, 0.05) is 24.1 Å². The third-order valence-electron chi connectivity index (χ3n) is 5.04. The Morgan fingerprint density at radius 1 is 1.03 bits per heavy atom. The van der Waals surface area contributed by atoms with E-state index in [0.717, 1.165) is 32.1 Å². The van der Waals surface area contributed by atoms with Crippen molar-refractivity contribution < 1.29 is 43.4 Å². The number of allylic oxidation sites excluding steroid dienone is 1. The van der Waals surface area contributed by atoms with Crippen LogP contribution in [0.15, 0.2) is 36.4 Å². The zero-order chi connectivity index (χ0) is 23.8. The number of anilines is 1. The number of benzene rings is 1.